The highest BCUT2D eigenvalue weighted by Crippen LogP contribution is 2.12. The molecular weight excluding hydrogens is 246 g/mol. The first kappa shape index (κ1) is 16.0. The largest absolute Gasteiger partial charge is 0.493 e. The van der Waals surface area contributed by atoms with Crippen LogP contribution in [0.4, 0.5) is 4.39 Å². The number of hydrogen-bond donors (Lipinski definition) is 2. The lowest BCUT2D eigenvalue weighted by Crippen LogP contribution is -2.32. The second kappa shape index (κ2) is 8.94. The van der Waals surface area contributed by atoms with Crippen LogP contribution in [0.3, 0.4) is 0 Å². The Balaban J connectivity index is 2.25. The lowest BCUT2D eigenvalue weighted by atomic mass is 9.80. The van der Waals surface area contributed by atoms with Crippen molar-refractivity contribution >= 4 is 12.6 Å². The average molecular weight is 268 g/mol. The van der Waals surface area contributed by atoms with Gasteiger partial charge in [0, 0.05) is 11.5 Å². The van der Waals surface area contributed by atoms with Gasteiger partial charge in [-0.25, -0.2) is 4.39 Å². The van der Waals surface area contributed by atoms with E-state index in [2.05, 4.69) is 6.92 Å². The quantitative estimate of drug-likeness (QED) is 0.533. The van der Waals surface area contributed by atoms with Crippen LogP contribution in [0, 0.1) is 5.82 Å². The molecule has 106 valence electrons. The SMILES string of the molecule is CCCCCCCCOc1ccc(B(O)O)c(F)c1. The highest BCUT2D eigenvalue weighted by Gasteiger charge is 2.16. The topological polar surface area (TPSA) is 49.7 Å². The highest BCUT2D eigenvalue weighted by atomic mass is 19.1. The molecule has 5 heteroatoms. The van der Waals surface area contributed by atoms with E-state index in [1.54, 1.807) is 6.07 Å². The Bertz CT molecular complexity index is 372. The molecular formula is C14H22BFO3. The van der Waals surface area contributed by atoms with Gasteiger partial charge in [0.1, 0.15) is 11.6 Å². The predicted molar refractivity (Wildman–Crippen MR) is 75.1 cm³/mol. The molecule has 2 N–H and O–H groups in total. The summed E-state index contributed by atoms with van der Waals surface area (Å²) in [5, 5.41) is 17.8. The standard InChI is InChI=1S/C14H22BFO3/c1-2-3-4-5-6-7-10-19-12-8-9-13(15(17)18)14(16)11-12/h8-9,11,17-18H,2-7,10H2,1H3. The van der Waals surface area contributed by atoms with Crippen molar-refractivity contribution in [1.82, 2.24) is 0 Å². The Kier molecular flexibility index (Phi) is 7.52. The summed E-state index contributed by atoms with van der Waals surface area (Å²) in [4.78, 5) is 0. The van der Waals surface area contributed by atoms with E-state index < -0.39 is 12.9 Å². The number of ether oxygens (including phenoxy) is 1. The van der Waals surface area contributed by atoms with E-state index in [0.29, 0.717) is 12.4 Å². The van der Waals surface area contributed by atoms with Crippen molar-refractivity contribution in [1.29, 1.82) is 0 Å². The maximum Gasteiger partial charge on any atom is 0.491 e. The van der Waals surface area contributed by atoms with Crippen molar-refractivity contribution < 1.29 is 19.2 Å². The Morgan fingerprint density at radius 2 is 1.79 bits per heavy atom. The minimum atomic E-state index is -1.78. The molecule has 0 radical (unpaired) electrons. The van der Waals surface area contributed by atoms with E-state index >= 15 is 0 Å². The predicted octanol–water partition coefficient (Wildman–Crippen LogP) is 2.24. The molecule has 1 rings (SSSR count). The summed E-state index contributed by atoms with van der Waals surface area (Å²) in [5.41, 5.74) is -0.132. The Labute approximate surface area is 114 Å². The molecule has 0 spiro atoms. The van der Waals surface area contributed by atoms with Crippen LogP contribution in [-0.2, 0) is 0 Å². The third kappa shape index (κ3) is 6.08. The first-order chi connectivity index (χ1) is 9.15. The average Bonchev–Trinajstić information content (AvgIpc) is 2.37. The van der Waals surface area contributed by atoms with Crippen LogP contribution in [0.1, 0.15) is 45.4 Å². The van der Waals surface area contributed by atoms with Crippen LogP contribution < -0.4 is 10.2 Å². The van der Waals surface area contributed by atoms with Gasteiger partial charge in [0.15, 0.2) is 0 Å². The zero-order valence-corrected chi connectivity index (χ0v) is 11.4. The molecule has 19 heavy (non-hydrogen) atoms. The van der Waals surface area contributed by atoms with E-state index in [1.165, 1.54) is 37.8 Å². The van der Waals surface area contributed by atoms with Crippen molar-refractivity contribution in [2.75, 3.05) is 6.61 Å². The van der Waals surface area contributed by atoms with Gasteiger partial charge in [0.05, 0.1) is 6.61 Å². The van der Waals surface area contributed by atoms with Crippen LogP contribution in [0.25, 0.3) is 0 Å². The van der Waals surface area contributed by atoms with E-state index in [-0.39, 0.29) is 5.46 Å². The number of hydrogen-bond acceptors (Lipinski definition) is 3. The molecule has 0 amide bonds. The zero-order chi connectivity index (χ0) is 14.1. The van der Waals surface area contributed by atoms with Gasteiger partial charge in [-0.3, -0.25) is 0 Å². The first-order valence-electron chi connectivity index (χ1n) is 6.93. The summed E-state index contributed by atoms with van der Waals surface area (Å²) in [5.74, 6) is -0.231. The maximum absolute atomic E-state index is 13.4. The lowest BCUT2D eigenvalue weighted by Gasteiger charge is -2.08. The zero-order valence-electron chi connectivity index (χ0n) is 11.4. The van der Waals surface area contributed by atoms with Crippen molar-refractivity contribution in [2.24, 2.45) is 0 Å². The van der Waals surface area contributed by atoms with Crippen LogP contribution in [0.5, 0.6) is 5.75 Å². The first-order valence-corrected chi connectivity index (χ1v) is 6.93. The smallest absolute Gasteiger partial charge is 0.491 e. The summed E-state index contributed by atoms with van der Waals surface area (Å²) < 4.78 is 18.8. The molecule has 0 aliphatic carbocycles. The third-order valence-electron chi connectivity index (χ3n) is 3.02. The minimum absolute atomic E-state index is 0.132. The molecule has 0 bridgehead atoms. The molecule has 0 aliphatic heterocycles. The Morgan fingerprint density at radius 3 is 2.42 bits per heavy atom. The molecule has 3 nitrogen and oxygen atoms in total. The summed E-state index contributed by atoms with van der Waals surface area (Å²) in [6.07, 6.45) is 7.05. The molecule has 0 saturated carbocycles. The van der Waals surface area contributed by atoms with E-state index in [0.717, 1.165) is 12.8 Å². The molecule has 0 unspecified atom stereocenters. The Morgan fingerprint density at radius 1 is 1.11 bits per heavy atom. The highest BCUT2D eigenvalue weighted by molar-refractivity contribution is 6.58. The van der Waals surface area contributed by atoms with Crippen LogP contribution in [0.15, 0.2) is 18.2 Å². The summed E-state index contributed by atoms with van der Waals surface area (Å²) in [6.45, 7) is 2.75. The normalized spacial score (nSPS) is 10.5. The summed E-state index contributed by atoms with van der Waals surface area (Å²) in [7, 11) is -1.78. The molecule has 1 aromatic carbocycles. The molecule has 0 aliphatic rings. The van der Waals surface area contributed by atoms with Crippen molar-refractivity contribution in [2.45, 2.75) is 45.4 Å². The van der Waals surface area contributed by atoms with Crippen LogP contribution in [-0.4, -0.2) is 23.8 Å². The van der Waals surface area contributed by atoms with Gasteiger partial charge in [-0.05, 0) is 12.5 Å². The van der Waals surface area contributed by atoms with Gasteiger partial charge in [-0.1, -0.05) is 45.1 Å². The van der Waals surface area contributed by atoms with Crippen molar-refractivity contribution in [3.63, 3.8) is 0 Å². The maximum atomic E-state index is 13.4. The molecule has 0 heterocycles. The summed E-state index contributed by atoms with van der Waals surface area (Å²) in [6, 6.07) is 4.07. The fourth-order valence-electron chi connectivity index (χ4n) is 1.88. The molecule has 1 aromatic rings. The van der Waals surface area contributed by atoms with Gasteiger partial charge in [0.2, 0.25) is 0 Å². The Hall–Kier alpha value is -1.07. The number of benzene rings is 1. The van der Waals surface area contributed by atoms with Gasteiger partial charge >= 0.3 is 7.12 Å². The van der Waals surface area contributed by atoms with Crippen molar-refractivity contribution in [3.05, 3.63) is 24.0 Å². The number of halogens is 1. The van der Waals surface area contributed by atoms with Gasteiger partial charge in [-0.15, -0.1) is 0 Å². The second-order valence-electron chi connectivity index (χ2n) is 4.67. The van der Waals surface area contributed by atoms with E-state index in [9.17, 15) is 4.39 Å². The van der Waals surface area contributed by atoms with E-state index in [4.69, 9.17) is 14.8 Å². The molecule has 0 atom stereocenters. The number of unbranched alkanes of at least 4 members (excludes halogenated alkanes) is 5. The lowest BCUT2D eigenvalue weighted by molar-refractivity contribution is 0.303. The van der Waals surface area contributed by atoms with Gasteiger partial charge in [0.25, 0.3) is 0 Å². The van der Waals surface area contributed by atoms with E-state index in [1.807, 2.05) is 0 Å². The fraction of sp³-hybridized carbons (Fsp3) is 0.571. The van der Waals surface area contributed by atoms with Gasteiger partial charge < -0.3 is 14.8 Å². The number of rotatable bonds is 9. The van der Waals surface area contributed by atoms with Gasteiger partial charge in [-0.2, -0.15) is 0 Å². The van der Waals surface area contributed by atoms with Crippen LogP contribution >= 0.6 is 0 Å². The minimum Gasteiger partial charge on any atom is -0.493 e. The monoisotopic (exact) mass is 268 g/mol. The molecule has 0 fully saturated rings. The fourth-order valence-corrected chi connectivity index (χ4v) is 1.88. The third-order valence-corrected chi connectivity index (χ3v) is 3.02. The summed E-state index contributed by atoms with van der Waals surface area (Å²) >= 11 is 0. The van der Waals surface area contributed by atoms with Crippen molar-refractivity contribution in [3.8, 4) is 5.75 Å². The van der Waals surface area contributed by atoms with Crippen LogP contribution in [0.2, 0.25) is 0 Å². The molecule has 0 saturated heterocycles. The molecule has 0 aromatic heterocycles. The second-order valence-corrected chi connectivity index (χ2v) is 4.67.